The molecule has 0 saturated carbocycles. The minimum atomic E-state index is -0.164. The molecule has 3 aromatic carbocycles. The molecule has 0 aliphatic heterocycles. The van der Waals surface area contributed by atoms with Crippen molar-refractivity contribution in [1.82, 2.24) is 0 Å². The van der Waals surface area contributed by atoms with Crippen molar-refractivity contribution in [1.29, 1.82) is 0 Å². The number of anilines is 2. The Bertz CT molecular complexity index is 851. The maximum absolute atomic E-state index is 12.0. The Labute approximate surface area is 157 Å². The predicted molar refractivity (Wildman–Crippen MR) is 106 cm³/mol. The van der Waals surface area contributed by atoms with E-state index < -0.39 is 0 Å². The van der Waals surface area contributed by atoms with Crippen molar-refractivity contribution in [2.75, 3.05) is 17.2 Å². The smallest absolute Gasteiger partial charge is 0.243 e. The van der Waals surface area contributed by atoms with Gasteiger partial charge in [-0.15, -0.1) is 0 Å². The number of hydrogen-bond donors (Lipinski definition) is 2. The second-order valence-electron chi connectivity index (χ2n) is 5.68. The van der Waals surface area contributed by atoms with E-state index in [-0.39, 0.29) is 12.5 Å². The zero-order chi connectivity index (χ0) is 18.2. The molecule has 5 heteroatoms. The number of halogens is 1. The second kappa shape index (κ2) is 8.92. The van der Waals surface area contributed by atoms with Gasteiger partial charge in [0.25, 0.3) is 0 Å². The number of amides is 1. The lowest BCUT2D eigenvalue weighted by Gasteiger charge is -2.10. The van der Waals surface area contributed by atoms with E-state index in [1.54, 1.807) is 12.1 Å². The summed E-state index contributed by atoms with van der Waals surface area (Å²) in [5.41, 5.74) is 2.56. The minimum Gasteiger partial charge on any atom is -0.489 e. The Kier molecular flexibility index (Phi) is 6.12. The van der Waals surface area contributed by atoms with Gasteiger partial charge in [-0.3, -0.25) is 4.79 Å². The highest BCUT2D eigenvalue weighted by Gasteiger charge is 2.05. The Morgan fingerprint density at radius 3 is 2.31 bits per heavy atom. The highest BCUT2D eigenvalue weighted by atomic mass is 35.5. The van der Waals surface area contributed by atoms with Gasteiger partial charge in [0.05, 0.1) is 17.3 Å². The van der Waals surface area contributed by atoms with Gasteiger partial charge in [-0.1, -0.05) is 54.1 Å². The van der Waals surface area contributed by atoms with Crippen molar-refractivity contribution >= 4 is 28.9 Å². The average molecular weight is 367 g/mol. The van der Waals surface area contributed by atoms with E-state index in [2.05, 4.69) is 10.6 Å². The van der Waals surface area contributed by atoms with E-state index >= 15 is 0 Å². The number of ether oxygens (including phenoxy) is 1. The molecule has 0 aliphatic rings. The van der Waals surface area contributed by atoms with Gasteiger partial charge < -0.3 is 15.4 Å². The predicted octanol–water partition coefficient (Wildman–Crippen LogP) is 4.97. The summed E-state index contributed by atoms with van der Waals surface area (Å²) in [5.74, 6) is 0.613. The largest absolute Gasteiger partial charge is 0.489 e. The van der Waals surface area contributed by atoms with Gasteiger partial charge >= 0.3 is 0 Å². The van der Waals surface area contributed by atoms with E-state index in [1.807, 2.05) is 66.7 Å². The molecule has 0 unspecified atom stereocenters. The number of rotatable bonds is 7. The number of nitrogens with one attached hydrogen (secondary N) is 2. The number of carbonyl (C=O) groups is 1. The molecule has 0 aliphatic carbocycles. The number of hydrogen-bond acceptors (Lipinski definition) is 3. The van der Waals surface area contributed by atoms with Crippen LogP contribution < -0.4 is 15.4 Å². The van der Waals surface area contributed by atoms with Crippen molar-refractivity contribution in [3.63, 3.8) is 0 Å². The van der Waals surface area contributed by atoms with Crippen molar-refractivity contribution in [2.45, 2.75) is 6.61 Å². The summed E-state index contributed by atoms with van der Waals surface area (Å²) in [6, 6.07) is 24.6. The van der Waals surface area contributed by atoms with Gasteiger partial charge in [0, 0.05) is 5.69 Å². The molecule has 26 heavy (non-hydrogen) atoms. The SMILES string of the molecule is O=C(CNc1ccc(OCc2ccccc2)cc1)Nc1ccccc1Cl. The van der Waals surface area contributed by atoms with Gasteiger partial charge in [-0.2, -0.15) is 0 Å². The molecule has 132 valence electrons. The number of carbonyl (C=O) groups excluding carboxylic acids is 1. The molecule has 3 rings (SSSR count). The van der Waals surface area contributed by atoms with Crippen LogP contribution in [0.15, 0.2) is 78.9 Å². The van der Waals surface area contributed by atoms with Crippen LogP contribution in [0.1, 0.15) is 5.56 Å². The maximum Gasteiger partial charge on any atom is 0.243 e. The Morgan fingerprint density at radius 1 is 0.885 bits per heavy atom. The zero-order valence-electron chi connectivity index (χ0n) is 14.1. The van der Waals surface area contributed by atoms with Gasteiger partial charge in [-0.25, -0.2) is 0 Å². The van der Waals surface area contributed by atoms with Gasteiger partial charge in [-0.05, 0) is 42.0 Å². The van der Waals surface area contributed by atoms with Crippen molar-refractivity contribution in [3.8, 4) is 5.75 Å². The number of benzene rings is 3. The van der Waals surface area contributed by atoms with Crippen LogP contribution in [0.3, 0.4) is 0 Å². The van der Waals surface area contributed by atoms with E-state index in [9.17, 15) is 4.79 Å². The van der Waals surface area contributed by atoms with Crippen LogP contribution in [-0.2, 0) is 11.4 Å². The van der Waals surface area contributed by atoms with Crippen LogP contribution in [0.25, 0.3) is 0 Å². The van der Waals surface area contributed by atoms with E-state index in [0.29, 0.717) is 17.3 Å². The summed E-state index contributed by atoms with van der Waals surface area (Å²) in [5, 5.41) is 6.36. The summed E-state index contributed by atoms with van der Waals surface area (Å²) in [7, 11) is 0. The quantitative estimate of drug-likeness (QED) is 0.620. The molecule has 4 nitrogen and oxygen atoms in total. The van der Waals surface area contributed by atoms with Crippen LogP contribution in [0.4, 0.5) is 11.4 Å². The topological polar surface area (TPSA) is 50.4 Å². The van der Waals surface area contributed by atoms with Crippen LogP contribution >= 0.6 is 11.6 Å². The third kappa shape index (κ3) is 5.26. The summed E-state index contributed by atoms with van der Waals surface area (Å²) in [6.45, 7) is 0.670. The molecular weight excluding hydrogens is 348 g/mol. The Morgan fingerprint density at radius 2 is 1.58 bits per heavy atom. The van der Waals surface area contributed by atoms with Gasteiger partial charge in [0.15, 0.2) is 0 Å². The van der Waals surface area contributed by atoms with Gasteiger partial charge in [0.1, 0.15) is 12.4 Å². The van der Waals surface area contributed by atoms with Crippen molar-refractivity contribution in [3.05, 3.63) is 89.4 Å². The molecule has 1 amide bonds. The van der Waals surface area contributed by atoms with Crippen molar-refractivity contribution in [2.24, 2.45) is 0 Å². The standard InChI is InChI=1S/C21H19ClN2O2/c22-19-8-4-5-9-20(19)24-21(25)14-23-17-10-12-18(13-11-17)26-15-16-6-2-1-3-7-16/h1-13,23H,14-15H2,(H,24,25). The molecule has 0 heterocycles. The molecule has 0 aromatic heterocycles. The second-order valence-corrected chi connectivity index (χ2v) is 6.09. The molecule has 0 spiro atoms. The average Bonchev–Trinajstić information content (AvgIpc) is 2.68. The lowest BCUT2D eigenvalue weighted by molar-refractivity contribution is -0.114. The summed E-state index contributed by atoms with van der Waals surface area (Å²) in [6.07, 6.45) is 0. The first-order valence-electron chi connectivity index (χ1n) is 8.26. The maximum atomic E-state index is 12.0. The monoisotopic (exact) mass is 366 g/mol. The first-order chi connectivity index (χ1) is 12.7. The highest BCUT2D eigenvalue weighted by molar-refractivity contribution is 6.33. The van der Waals surface area contributed by atoms with Crippen LogP contribution in [-0.4, -0.2) is 12.5 Å². The molecule has 2 N–H and O–H groups in total. The first-order valence-corrected chi connectivity index (χ1v) is 8.63. The van der Waals surface area contributed by atoms with E-state index in [4.69, 9.17) is 16.3 Å². The minimum absolute atomic E-state index is 0.148. The van der Waals surface area contributed by atoms with Crippen LogP contribution in [0, 0.1) is 0 Å². The fourth-order valence-corrected chi connectivity index (χ4v) is 2.53. The Hall–Kier alpha value is -2.98. The van der Waals surface area contributed by atoms with Gasteiger partial charge in [0.2, 0.25) is 5.91 Å². The van der Waals surface area contributed by atoms with E-state index in [0.717, 1.165) is 17.0 Å². The van der Waals surface area contributed by atoms with Crippen molar-refractivity contribution < 1.29 is 9.53 Å². The van der Waals surface area contributed by atoms with Crippen LogP contribution in [0.5, 0.6) is 5.75 Å². The lowest BCUT2D eigenvalue weighted by atomic mass is 10.2. The lowest BCUT2D eigenvalue weighted by Crippen LogP contribution is -2.21. The summed E-state index contributed by atoms with van der Waals surface area (Å²) >= 11 is 6.03. The third-order valence-electron chi connectivity index (χ3n) is 3.70. The fraction of sp³-hybridized carbons (Fsp3) is 0.0952. The highest BCUT2D eigenvalue weighted by Crippen LogP contribution is 2.20. The summed E-state index contributed by atoms with van der Waals surface area (Å²) in [4.78, 5) is 12.0. The fourth-order valence-electron chi connectivity index (χ4n) is 2.35. The summed E-state index contributed by atoms with van der Waals surface area (Å²) < 4.78 is 5.74. The Balaban J connectivity index is 1.46. The molecular formula is C21H19ClN2O2. The third-order valence-corrected chi connectivity index (χ3v) is 4.03. The zero-order valence-corrected chi connectivity index (χ0v) is 14.9. The molecule has 0 fully saturated rings. The molecule has 0 saturated heterocycles. The number of para-hydroxylation sites is 1. The van der Waals surface area contributed by atoms with E-state index in [1.165, 1.54) is 0 Å². The molecule has 0 atom stereocenters. The van der Waals surface area contributed by atoms with Crippen LogP contribution in [0.2, 0.25) is 5.02 Å². The first kappa shape index (κ1) is 17.8. The molecule has 0 radical (unpaired) electrons. The molecule has 3 aromatic rings. The molecule has 0 bridgehead atoms. The normalized spacial score (nSPS) is 10.2.